The molecule has 0 spiro atoms. The first-order chi connectivity index (χ1) is 14.9. The molecule has 9 heteroatoms. The summed E-state index contributed by atoms with van der Waals surface area (Å²) < 4.78 is 0. The number of carbonyl (C=O) groups excluding carboxylic acids is 2. The van der Waals surface area contributed by atoms with Crippen molar-refractivity contribution in [2.24, 2.45) is 16.7 Å². The molecule has 3 amide bonds. The standard InChI is InChI=1S/C22H27N7O2/c1-3-4-8-20-27-18-10-9-16(12-19(18)28-20)26-22(31)29(14(2)21(23)30)17-7-5-6-15(11-17)13-25-24/h5-7,9-14H,3-4,8,24H2,1-2H3,(H2,23,30)(H,26,31)(H,27,28)/t14-/m0/s1. The van der Waals surface area contributed by atoms with E-state index in [1.807, 2.05) is 12.1 Å². The number of H-pyrrole nitrogens is 1. The number of hydrogen-bond acceptors (Lipinski definition) is 5. The van der Waals surface area contributed by atoms with Crippen molar-refractivity contribution >= 4 is 40.6 Å². The molecule has 2 aromatic carbocycles. The van der Waals surface area contributed by atoms with Gasteiger partial charge in [-0.3, -0.25) is 9.69 Å². The zero-order valence-corrected chi connectivity index (χ0v) is 17.6. The van der Waals surface area contributed by atoms with E-state index >= 15 is 0 Å². The quantitative estimate of drug-likeness (QED) is 0.252. The highest BCUT2D eigenvalue weighted by molar-refractivity contribution is 6.06. The Balaban J connectivity index is 1.87. The number of urea groups is 1. The number of imidazole rings is 1. The second kappa shape index (κ2) is 9.75. The summed E-state index contributed by atoms with van der Waals surface area (Å²) in [5.41, 5.74) is 8.92. The van der Waals surface area contributed by atoms with Crippen LogP contribution in [0.5, 0.6) is 0 Å². The first-order valence-electron chi connectivity index (χ1n) is 10.1. The Kier molecular flexibility index (Phi) is 6.86. The molecule has 0 aliphatic carbocycles. The number of amides is 3. The molecule has 0 bridgehead atoms. The molecule has 0 aliphatic rings. The third kappa shape index (κ3) is 5.19. The van der Waals surface area contributed by atoms with Gasteiger partial charge in [-0.2, -0.15) is 5.10 Å². The summed E-state index contributed by atoms with van der Waals surface area (Å²) in [5.74, 6) is 5.52. The normalized spacial score (nSPS) is 12.2. The van der Waals surface area contributed by atoms with E-state index < -0.39 is 18.0 Å². The molecule has 0 saturated heterocycles. The molecule has 6 N–H and O–H groups in total. The Morgan fingerprint density at radius 1 is 1.29 bits per heavy atom. The van der Waals surface area contributed by atoms with Gasteiger partial charge < -0.3 is 21.9 Å². The summed E-state index contributed by atoms with van der Waals surface area (Å²) in [5, 5.41) is 6.35. The smallest absolute Gasteiger partial charge is 0.327 e. The fourth-order valence-electron chi connectivity index (χ4n) is 3.27. The van der Waals surface area contributed by atoms with Crippen LogP contribution in [0.2, 0.25) is 0 Å². The van der Waals surface area contributed by atoms with Crippen LogP contribution in [0.25, 0.3) is 11.0 Å². The lowest BCUT2D eigenvalue weighted by molar-refractivity contribution is -0.118. The number of nitrogens with two attached hydrogens (primary N) is 2. The fourth-order valence-corrected chi connectivity index (χ4v) is 3.27. The molecular formula is C22H27N7O2. The molecule has 3 rings (SSSR count). The molecule has 1 heterocycles. The van der Waals surface area contributed by atoms with Crippen LogP contribution in [-0.4, -0.2) is 34.2 Å². The number of hydrazone groups is 1. The van der Waals surface area contributed by atoms with Crippen LogP contribution < -0.4 is 21.8 Å². The number of nitrogens with one attached hydrogen (secondary N) is 2. The van der Waals surface area contributed by atoms with Gasteiger partial charge in [-0.25, -0.2) is 9.78 Å². The van der Waals surface area contributed by atoms with Crippen molar-refractivity contribution in [1.29, 1.82) is 0 Å². The Labute approximate surface area is 180 Å². The number of fused-ring (bicyclic) bond motifs is 1. The van der Waals surface area contributed by atoms with Crippen LogP contribution >= 0.6 is 0 Å². The monoisotopic (exact) mass is 421 g/mol. The molecule has 0 unspecified atom stereocenters. The van der Waals surface area contributed by atoms with E-state index in [9.17, 15) is 9.59 Å². The van der Waals surface area contributed by atoms with Crippen molar-refractivity contribution in [2.75, 3.05) is 10.2 Å². The third-order valence-electron chi connectivity index (χ3n) is 4.94. The van der Waals surface area contributed by atoms with E-state index in [1.54, 1.807) is 37.3 Å². The number of anilines is 2. The van der Waals surface area contributed by atoms with Gasteiger partial charge in [0.25, 0.3) is 0 Å². The van der Waals surface area contributed by atoms with Gasteiger partial charge in [-0.15, -0.1) is 0 Å². The molecule has 162 valence electrons. The Morgan fingerprint density at radius 2 is 2.10 bits per heavy atom. The molecule has 3 aromatic rings. The number of carbonyl (C=O) groups is 2. The van der Waals surface area contributed by atoms with E-state index in [0.717, 1.165) is 36.1 Å². The number of primary amides is 1. The molecule has 0 aliphatic heterocycles. The van der Waals surface area contributed by atoms with Crippen molar-refractivity contribution < 1.29 is 9.59 Å². The summed E-state index contributed by atoms with van der Waals surface area (Å²) in [6.07, 6.45) is 4.47. The largest absolute Gasteiger partial charge is 0.368 e. The van der Waals surface area contributed by atoms with Crippen molar-refractivity contribution in [2.45, 2.75) is 39.2 Å². The van der Waals surface area contributed by atoms with Crippen LogP contribution in [-0.2, 0) is 11.2 Å². The average Bonchev–Trinajstić information content (AvgIpc) is 3.15. The average molecular weight is 422 g/mol. The zero-order valence-electron chi connectivity index (χ0n) is 17.6. The molecule has 1 aromatic heterocycles. The lowest BCUT2D eigenvalue weighted by Crippen LogP contribution is -2.48. The molecule has 9 nitrogen and oxygen atoms in total. The predicted molar refractivity (Wildman–Crippen MR) is 123 cm³/mol. The number of rotatable bonds is 8. The summed E-state index contributed by atoms with van der Waals surface area (Å²) >= 11 is 0. The Hall–Kier alpha value is -3.88. The van der Waals surface area contributed by atoms with Gasteiger partial charge in [-0.1, -0.05) is 25.5 Å². The number of aromatic amines is 1. The predicted octanol–water partition coefficient (Wildman–Crippen LogP) is 3.11. The highest BCUT2D eigenvalue weighted by Gasteiger charge is 2.26. The van der Waals surface area contributed by atoms with Crippen LogP contribution in [0.4, 0.5) is 16.2 Å². The molecule has 31 heavy (non-hydrogen) atoms. The molecule has 0 radical (unpaired) electrons. The highest BCUT2D eigenvalue weighted by Crippen LogP contribution is 2.22. The highest BCUT2D eigenvalue weighted by atomic mass is 16.2. The van der Waals surface area contributed by atoms with Gasteiger partial charge in [0.2, 0.25) is 5.91 Å². The van der Waals surface area contributed by atoms with E-state index in [2.05, 4.69) is 27.3 Å². The third-order valence-corrected chi connectivity index (χ3v) is 4.94. The zero-order chi connectivity index (χ0) is 22.4. The van der Waals surface area contributed by atoms with E-state index in [-0.39, 0.29) is 0 Å². The molecular weight excluding hydrogens is 394 g/mol. The van der Waals surface area contributed by atoms with Gasteiger partial charge >= 0.3 is 6.03 Å². The van der Waals surface area contributed by atoms with Gasteiger partial charge in [0, 0.05) is 17.8 Å². The first kappa shape index (κ1) is 21.8. The van der Waals surface area contributed by atoms with Crippen molar-refractivity contribution in [3.63, 3.8) is 0 Å². The van der Waals surface area contributed by atoms with Crippen LogP contribution in [0.1, 0.15) is 38.1 Å². The lowest BCUT2D eigenvalue weighted by Gasteiger charge is -2.27. The Morgan fingerprint density at radius 3 is 2.81 bits per heavy atom. The second-order valence-electron chi connectivity index (χ2n) is 7.27. The number of benzene rings is 2. The minimum Gasteiger partial charge on any atom is -0.368 e. The van der Waals surface area contributed by atoms with Crippen LogP contribution in [0.15, 0.2) is 47.6 Å². The van der Waals surface area contributed by atoms with Crippen LogP contribution in [0, 0.1) is 0 Å². The lowest BCUT2D eigenvalue weighted by atomic mass is 10.1. The topological polar surface area (TPSA) is 142 Å². The SMILES string of the molecule is CCCCc1nc2ccc(NC(=O)N(c3cccc(C=NN)c3)[C@@H](C)C(N)=O)cc2[nH]1. The van der Waals surface area contributed by atoms with Crippen molar-refractivity contribution in [3.05, 3.63) is 53.9 Å². The molecule has 1 atom stereocenters. The maximum Gasteiger partial charge on any atom is 0.327 e. The van der Waals surface area contributed by atoms with Crippen molar-refractivity contribution in [3.8, 4) is 0 Å². The number of hydrogen-bond donors (Lipinski definition) is 4. The summed E-state index contributed by atoms with van der Waals surface area (Å²) in [6.45, 7) is 3.71. The van der Waals surface area contributed by atoms with Crippen molar-refractivity contribution in [1.82, 2.24) is 9.97 Å². The molecule has 0 saturated carbocycles. The fraction of sp³-hybridized carbons (Fsp3) is 0.273. The minimum absolute atomic E-state index is 0.488. The van der Waals surface area contributed by atoms with Gasteiger partial charge in [0.15, 0.2) is 0 Å². The summed E-state index contributed by atoms with van der Waals surface area (Å²) in [6, 6.07) is 11.0. The van der Waals surface area contributed by atoms with Gasteiger partial charge in [0.1, 0.15) is 11.9 Å². The minimum atomic E-state index is -0.874. The maximum absolute atomic E-state index is 13.1. The number of nitrogens with zero attached hydrogens (tertiary/aromatic N) is 3. The Bertz CT molecular complexity index is 1110. The number of aryl methyl sites for hydroxylation is 1. The van der Waals surface area contributed by atoms with Gasteiger partial charge in [0.05, 0.1) is 17.2 Å². The first-order valence-corrected chi connectivity index (χ1v) is 10.1. The number of aromatic nitrogens is 2. The summed E-state index contributed by atoms with van der Waals surface area (Å²) in [7, 11) is 0. The van der Waals surface area contributed by atoms with E-state index in [4.69, 9.17) is 11.6 Å². The second-order valence-corrected chi connectivity index (χ2v) is 7.27. The van der Waals surface area contributed by atoms with E-state index in [1.165, 1.54) is 11.1 Å². The molecule has 0 fully saturated rings. The van der Waals surface area contributed by atoms with E-state index in [0.29, 0.717) is 16.9 Å². The maximum atomic E-state index is 13.1. The van der Waals surface area contributed by atoms with Crippen LogP contribution in [0.3, 0.4) is 0 Å². The number of unbranched alkanes of at least 4 members (excludes halogenated alkanes) is 1. The summed E-state index contributed by atoms with van der Waals surface area (Å²) in [4.78, 5) is 34.2. The van der Waals surface area contributed by atoms with Gasteiger partial charge in [-0.05, 0) is 49.2 Å².